The third-order valence-electron chi connectivity index (χ3n) is 5.75. The van der Waals surface area contributed by atoms with Gasteiger partial charge in [0.2, 0.25) is 10.0 Å². The highest BCUT2D eigenvalue weighted by molar-refractivity contribution is 7.89. The molecule has 182 valence electrons. The molecule has 0 spiro atoms. The lowest BCUT2D eigenvalue weighted by Gasteiger charge is -2.25. The zero-order chi connectivity index (χ0) is 24.8. The van der Waals surface area contributed by atoms with Gasteiger partial charge in [0.05, 0.1) is 16.1 Å². The van der Waals surface area contributed by atoms with Gasteiger partial charge in [0.15, 0.2) is 17.7 Å². The number of benzene rings is 1. The Labute approximate surface area is 193 Å². The van der Waals surface area contributed by atoms with E-state index in [2.05, 4.69) is 15.0 Å². The molecule has 14 nitrogen and oxygen atoms in total. The third-order valence-corrected chi connectivity index (χ3v) is 7.69. The average molecular weight is 494 g/mol. The van der Waals surface area contributed by atoms with Crippen LogP contribution in [0.1, 0.15) is 18.7 Å². The van der Waals surface area contributed by atoms with Crippen LogP contribution < -0.4 is 5.73 Å². The van der Waals surface area contributed by atoms with E-state index >= 15 is 0 Å². The Morgan fingerprint density at radius 2 is 2.00 bits per heavy atom. The normalized spacial score (nSPS) is 23.1. The molecule has 4 N–H and O–H groups in total. The highest BCUT2D eigenvalue weighted by atomic mass is 32.2. The summed E-state index contributed by atoms with van der Waals surface area (Å²) in [5.41, 5.74) is 6.35. The molecule has 0 bridgehead atoms. The predicted octanol–water partition coefficient (Wildman–Crippen LogP) is -0.0449. The molecule has 0 radical (unpaired) electrons. The molecule has 34 heavy (non-hydrogen) atoms. The zero-order valence-electron chi connectivity index (χ0n) is 18.2. The smallest absolute Gasteiger partial charge is 0.273 e. The van der Waals surface area contributed by atoms with Crippen molar-refractivity contribution in [1.82, 2.24) is 23.8 Å². The fraction of sp³-hybridized carbons (Fsp3) is 0.421. The summed E-state index contributed by atoms with van der Waals surface area (Å²) in [5, 5.41) is 32.5. The first-order valence-electron chi connectivity index (χ1n) is 10.3. The molecule has 1 aliphatic rings. The minimum Gasteiger partial charge on any atom is -0.387 e. The highest BCUT2D eigenvalue weighted by Crippen LogP contribution is 2.33. The number of ether oxygens (including phenoxy) is 1. The fourth-order valence-corrected chi connectivity index (χ4v) is 5.34. The number of aliphatic hydroxyl groups excluding tert-OH is 2. The quantitative estimate of drug-likeness (QED) is 0.294. The van der Waals surface area contributed by atoms with Crippen molar-refractivity contribution >= 4 is 32.7 Å². The van der Waals surface area contributed by atoms with Gasteiger partial charge in [0, 0.05) is 24.7 Å². The van der Waals surface area contributed by atoms with E-state index in [0.717, 1.165) is 10.4 Å². The topological polar surface area (TPSA) is 200 Å². The van der Waals surface area contributed by atoms with Gasteiger partial charge in [-0.05, 0) is 13.0 Å². The lowest BCUT2D eigenvalue weighted by molar-refractivity contribution is -0.385. The molecule has 1 fully saturated rings. The van der Waals surface area contributed by atoms with Crippen LogP contribution in [0.25, 0.3) is 11.2 Å². The van der Waals surface area contributed by atoms with Crippen LogP contribution >= 0.6 is 0 Å². The standard InChI is InChI=1S/C19H23N7O7S/c1-3-24(34(31,32)11-5-4-10(2)12(6-11)26(29)30)7-13-15(27)16(28)19(33-13)25-9-23-14-17(20)21-8-22-18(14)25/h4-6,8-9,13,15-16,19,27-28H,3,7H2,1-2H3,(H2,20,21,22)/t13-,15-,16-,19-/m1/s1. The van der Waals surface area contributed by atoms with Crippen LogP contribution in [0.3, 0.4) is 0 Å². The molecule has 1 aliphatic heterocycles. The second-order valence-electron chi connectivity index (χ2n) is 7.79. The maximum Gasteiger partial charge on any atom is 0.273 e. The van der Waals surface area contributed by atoms with E-state index < -0.39 is 39.5 Å². The minimum atomic E-state index is -4.16. The number of hydrogen-bond donors (Lipinski definition) is 3. The predicted molar refractivity (Wildman–Crippen MR) is 118 cm³/mol. The number of sulfonamides is 1. The van der Waals surface area contributed by atoms with Crippen molar-refractivity contribution in [3.8, 4) is 0 Å². The number of nitro benzene ring substituents is 1. The number of anilines is 1. The minimum absolute atomic E-state index is 0.00485. The van der Waals surface area contributed by atoms with Crippen LogP contribution in [-0.4, -0.2) is 78.8 Å². The molecular formula is C19H23N7O7S. The van der Waals surface area contributed by atoms with Gasteiger partial charge in [-0.3, -0.25) is 14.7 Å². The van der Waals surface area contributed by atoms with Gasteiger partial charge < -0.3 is 20.7 Å². The van der Waals surface area contributed by atoms with E-state index in [0.29, 0.717) is 5.56 Å². The van der Waals surface area contributed by atoms with Gasteiger partial charge in [0.1, 0.15) is 30.2 Å². The molecule has 3 heterocycles. The van der Waals surface area contributed by atoms with Gasteiger partial charge >= 0.3 is 0 Å². The van der Waals surface area contributed by atoms with Crippen molar-refractivity contribution in [2.75, 3.05) is 18.8 Å². The van der Waals surface area contributed by atoms with Gasteiger partial charge in [0.25, 0.3) is 5.69 Å². The van der Waals surface area contributed by atoms with Crippen LogP contribution in [-0.2, 0) is 14.8 Å². The van der Waals surface area contributed by atoms with Crippen LogP contribution in [0.5, 0.6) is 0 Å². The number of nitrogen functional groups attached to an aromatic ring is 1. The zero-order valence-corrected chi connectivity index (χ0v) is 19.0. The molecule has 0 amide bonds. The van der Waals surface area contributed by atoms with Crippen molar-refractivity contribution in [3.05, 3.63) is 46.5 Å². The fourth-order valence-electron chi connectivity index (χ4n) is 3.86. The van der Waals surface area contributed by atoms with E-state index in [4.69, 9.17) is 10.5 Å². The van der Waals surface area contributed by atoms with Crippen molar-refractivity contribution in [2.24, 2.45) is 0 Å². The third kappa shape index (κ3) is 3.97. The van der Waals surface area contributed by atoms with Gasteiger partial charge in [-0.1, -0.05) is 13.0 Å². The second-order valence-corrected chi connectivity index (χ2v) is 9.73. The molecular weight excluding hydrogens is 470 g/mol. The number of nitro groups is 1. The molecule has 15 heteroatoms. The van der Waals surface area contributed by atoms with Crippen molar-refractivity contribution in [1.29, 1.82) is 0 Å². The van der Waals surface area contributed by atoms with Gasteiger partial charge in [-0.2, -0.15) is 4.31 Å². The molecule has 4 rings (SSSR count). The number of aliphatic hydroxyl groups is 2. The molecule has 0 saturated carbocycles. The number of nitrogens with zero attached hydrogens (tertiary/aromatic N) is 6. The van der Waals surface area contributed by atoms with Crippen molar-refractivity contribution in [2.45, 2.75) is 43.3 Å². The summed E-state index contributed by atoms with van der Waals surface area (Å²) in [6, 6.07) is 3.64. The number of hydrogen-bond acceptors (Lipinski definition) is 11. The van der Waals surface area contributed by atoms with E-state index in [1.54, 1.807) is 6.92 Å². The van der Waals surface area contributed by atoms with Crippen LogP contribution in [0, 0.1) is 17.0 Å². The Kier molecular flexibility index (Phi) is 6.22. The summed E-state index contributed by atoms with van der Waals surface area (Å²) in [6.45, 7) is 2.78. The number of aryl methyl sites for hydroxylation is 1. The van der Waals surface area contributed by atoms with Crippen molar-refractivity contribution in [3.63, 3.8) is 0 Å². The summed E-state index contributed by atoms with van der Waals surface area (Å²) < 4.78 is 34.6. The van der Waals surface area contributed by atoms with Crippen LogP contribution in [0.15, 0.2) is 35.7 Å². The molecule has 0 aliphatic carbocycles. The molecule has 1 aromatic carbocycles. The largest absolute Gasteiger partial charge is 0.387 e. The van der Waals surface area contributed by atoms with E-state index in [9.17, 15) is 28.7 Å². The van der Waals surface area contributed by atoms with E-state index in [1.807, 2.05) is 0 Å². The average Bonchev–Trinajstić information content (AvgIpc) is 3.34. The molecule has 0 unspecified atom stereocenters. The SMILES string of the molecule is CCN(C[C@H]1O[C@@H](n2cnc3c(N)ncnc32)[C@H](O)[C@@H]1O)S(=O)(=O)c1ccc(C)c([N+](=O)[O-])c1. The summed E-state index contributed by atoms with van der Waals surface area (Å²) in [5.74, 6) is 0.128. The number of likely N-dealkylation sites (N-methyl/N-ethyl adjacent to an activating group) is 1. The number of imidazole rings is 1. The lowest BCUT2D eigenvalue weighted by Crippen LogP contribution is -2.42. The summed E-state index contributed by atoms with van der Waals surface area (Å²) >= 11 is 0. The van der Waals surface area contributed by atoms with Crippen molar-refractivity contribution < 1.29 is 28.3 Å². The summed E-state index contributed by atoms with van der Waals surface area (Å²) in [4.78, 5) is 22.4. The van der Waals surface area contributed by atoms with Gasteiger partial charge in [-0.25, -0.2) is 23.4 Å². The summed E-state index contributed by atoms with van der Waals surface area (Å²) in [6.07, 6.45) is -2.51. The molecule has 1 saturated heterocycles. The Morgan fingerprint density at radius 3 is 2.68 bits per heavy atom. The Morgan fingerprint density at radius 1 is 1.26 bits per heavy atom. The monoisotopic (exact) mass is 493 g/mol. The Bertz CT molecular complexity index is 1350. The first kappa shape index (κ1) is 23.9. The molecule has 4 atom stereocenters. The number of fused-ring (bicyclic) bond motifs is 1. The Hall–Kier alpha value is -3.24. The van der Waals surface area contributed by atoms with Crippen LogP contribution in [0.2, 0.25) is 0 Å². The molecule has 3 aromatic rings. The summed E-state index contributed by atoms with van der Waals surface area (Å²) in [7, 11) is -4.16. The number of nitrogens with two attached hydrogens (primary N) is 1. The number of rotatable bonds is 7. The maximum atomic E-state index is 13.2. The first-order valence-corrected chi connectivity index (χ1v) is 11.7. The second kappa shape index (κ2) is 8.84. The van der Waals surface area contributed by atoms with Gasteiger partial charge in [-0.15, -0.1) is 0 Å². The number of aromatic nitrogens is 4. The lowest BCUT2D eigenvalue weighted by atomic mass is 10.1. The first-order chi connectivity index (χ1) is 16.1. The molecule has 2 aromatic heterocycles. The highest BCUT2D eigenvalue weighted by Gasteiger charge is 2.46. The van der Waals surface area contributed by atoms with E-state index in [-0.39, 0.29) is 40.7 Å². The maximum absolute atomic E-state index is 13.2. The van der Waals surface area contributed by atoms with Crippen LogP contribution in [0.4, 0.5) is 11.5 Å². The Balaban J connectivity index is 1.60. The van der Waals surface area contributed by atoms with E-state index in [1.165, 1.54) is 36.3 Å².